The second-order valence-corrected chi connectivity index (χ2v) is 7.26. The zero-order chi connectivity index (χ0) is 14.6. The van der Waals surface area contributed by atoms with Gasteiger partial charge in [0.25, 0.3) is 5.91 Å². The second kappa shape index (κ2) is 6.37. The van der Waals surface area contributed by atoms with Gasteiger partial charge in [0.05, 0.1) is 11.5 Å². The molecule has 110 valence electrons. The minimum Gasteiger partial charge on any atom is -0.367 e. The number of carbonyl (C=O) groups excluding carboxylic acids is 1. The third kappa shape index (κ3) is 3.80. The Morgan fingerprint density at radius 3 is 2.40 bits per heavy atom. The molecule has 5 nitrogen and oxygen atoms in total. The molecule has 0 spiro atoms. The first-order valence-corrected chi connectivity index (χ1v) is 8.42. The molecule has 1 aliphatic rings. The van der Waals surface area contributed by atoms with Crippen LogP contribution >= 0.6 is 0 Å². The smallest absolute Gasteiger partial charge is 0.253 e. The topological polar surface area (TPSA) is 72.5 Å². The van der Waals surface area contributed by atoms with Gasteiger partial charge in [-0.2, -0.15) is 0 Å². The van der Waals surface area contributed by atoms with Crippen LogP contribution in [-0.2, 0) is 19.4 Å². The van der Waals surface area contributed by atoms with E-state index in [1.54, 1.807) is 0 Å². The van der Waals surface area contributed by atoms with E-state index in [1.165, 1.54) is 7.11 Å². The summed E-state index contributed by atoms with van der Waals surface area (Å²) in [6, 6.07) is 9.15. The van der Waals surface area contributed by atoms with Gasteiger partial charge >= 0.3 is 0 Å². The molecule has 1 aliphatic heterocycles. The first kappa shape index (κ1) is 15.0. The van der Waals surface area contributed by atoms with Crippen LogP contribution in [0.2, 0.25) is 0 Å². The quantitative estimate of drug-likeness (QED) is 0.902. The van der Waals surface area contributed by atoms with Crippen molar-refractivity contribution in [2.24, 2.45) is 0 Å². The van der Waals surface area contributed by atoms with Crippen molar-refractivity contribution >= 4 is 15.7 Å². The number of hydrogen-bond donors (Lipinski definition) is 1. The first-order chi connectivity index (χ1) is 9.52. The number of carbonyl (C=O) groups is 1. The summed E-state index contributed by atoms with van der Waals surface area (Å²) in [7, 11) is -1.42. The fourth-order valence-corrected chi connectivity index (χ4v) is 3.82. The van der Waals surface area contributed by atoms with Gasteiger partial charge in [0.1, 0.15) is 9.84 Å². The number of rotatable bonds is 4. The SMILES string of the molecule is COC(C(=O)NC1CCS(=O)(=O)CC1)c1ccccc1. The molecule has 20 heavy (non-hydrogen) atoms. The summed E-state index contributed by atoms with van der Waals surface area (Å²) in [5, 5.41) is 2.88. The Morgan fingerprint density at radius 1 is 1.25 bits per heavy atom. The molecule has 1 N–H and O–H groups in total. The molecular weight excluding hydrogens is 278 g/mol. The molecule has 1 fully saturated rings. The third-order valence-electron chi connectivity index (χ3n) is 3.48. The van der Waals surface area contributed by atoms with Gasteiger partial charge in [0.15, 0.2) is 6.10 Å². The highest BCUT2D eigenvalue weighted by atomic mass is 32.2. The van der Waals surface area contributed by atoms with Gasteiger partial charge < -0.3 is 10.1 Å². The largest absolute Gasteiger partial charge is 0.367 e. The number of benzene rings is 1. The lowest BCUT2D eigenvalue weighted by Crippen LogP contribution is -2.43. The Labute approximate surface area is 119 Å². The van der Waals surface area contributed by atoms with Gasteiger partial charge in [0.2, 0.25) is 0 Å². The predicted octanol–water partition coefficient (Wildman–Crippen LogP) is 1.07. The lowest BCUT2D eigenvalue weighted by Gasteiger charge is -2.25. The number of sulfone groups is 1. The van der Waals surface area contributed by atoms with Crippen molar-refractivity contribution in [3.8, 4) is 0 Å². The highest BCUT2D eigenvalue weighted by Crippen LogP contribution is 2.18. The molecule has 1 saturated heterocycles. The number of methoxy groups -OCH3 is 1. The Kier molecular flexibility index (Phi) is 4.77. The van der Waals surface area contributed by atoms with E-state index in [-0.39, 0.29) is 23.5 Å². The third-order valence-corrected chi connectivity index (χ3v) is 5.19. The molecule has 0 aromatic heterocycles. The Balaban J connectivity index is 1.97. The highest BCUT2D eigenvalue weighted by molar-refractivity contribution is 7.91. The first-order valence-electron chi connectivity index (χ1n) is 6.60. The van der Waals surface area contributed by atoms with E-state index in [9.17, 15) is 13.2 Å². The summed E-state index contributed by atoms with van der Waals surface area (Å²) >= 11 is 0. The van der Waals surface area contributed by atoms with Crippen molar-refractivity contribution in [2.75, 3.05) is 18.6 Å². The average molecular weight is 297 g/mol. The zero-order valence-corrected chi connectivity index (χ0v) is 12.2. The molecule has 1 amide bonds. The molecule has 1 atom stereocenters. The molecule has 0 bridgehead atoms. The number of nitrogens with one attached hydrogen (secondary N) is 1. The molecule has 6 heteroatoms. The maximum atomic E-state index is 12.2. The maximum Gasteiger partial charge on any atom is 0.253 e. The van der Waals surface area contributed by atoms with E-state index in [2.05, 4.69) is 5.32 Å². The van der Waals surface area contributed by atoms with Crippen LogP contribution in [0.4, 0.5) is 0 Å². The molecule has 1 aromatic carbocycles. The van der Waals surface area contributed by atoms with Gasteiger partial charge in [-0.15, -0.1) is 0 Å². The van der Waals surface area contributed by atoms with Crippen molar-refractivity contribution in [3.63, 3.8) is 0 Å². The van der Waals surface area contributed by atoms with E-state index in [4.69, 9.17) is 4.74 Å². The van der Waals surface area contributed by atoms with Crippen LogP contribution in [0.1, 0.15) is 24.5 Å². The summed E-state index contributed by atoms with van der Waals surface area (Å²) in [5.41, 5.74) is 0.788. The van der Waals surface area contributed by atoms with Crippen LogP contribution in [0, 0.1) is 0 Å². The van der Waals surface area contributed by atoms with Crippen LogP contribution in [0.15, 0.2) is 30.3 Å². The van der Waals surface area contributed by atoms with Crippen LogP contribution in [-0.4, -0.2) is 39.0 Å². The summed E-state index contributed by atoms with van der Waals surface area (Å²) in [6.07, 6.45) is 0.285. The lowest BCUT2D eigenvalue weighted by atomic mass is 10.1. The number of amides is 1. The van der Waals surface area contributed by atoms with Gasteiger partial charge in [0, 0.05) is 13.2 Å². The standard InChI is InChI=1S/C14H19NO4S/c1-19-13(11-5-3-2-4-6-11)14(16)15-12-7-9-20(17,18)10-8-12/h2-6,12-13H,7-10H2,1H3,(H,15,16). The monoisotopic (exact) mass is 297 g/mol. The van der Waals surface area contributed by atoms with Gasteiger partial charge in [-0.05, 0) is 18.4 Å². The van der Waals surface area contributed by atoms with Gasteiger partial charge in [-0.3, -0.25) is 4.79 Å². The molecule has 1 aromatic rings. The lowest BCUT2D eigenvalue weighted by molar-refractivity contribution is -0.132. The molecular formula is C14H19NO4S. The van der Waals surface area contributed by atoms with Crippen molar-refractivity contribution in [1.29, 1.82) is 0 Å². The summed E-state index contributed by atoms with van der Waals surface area (Å²) < 4.78 is 28.0. The molecule has 0 saturated carbocycles. The minimum absolute atomic E-state index is 0.0904. The molecule has 0 radical (unpaired) electrons. The van der Waals surface area contributed by atoms with Crippen LogP contribution in [0.3, 0.4) is 0 Å². The molecule has 1 heterocycles. The number of ether oxygens (including phenoxy) is 1. The Bertz CT molecular complexity index is 542. The van der Waals surface area contributed by atoms with Crippen LogP contribution < -0.4 is 5.32 Å². The van der Waals surface area contributed by atoms with Gasteiger partial charge in [-0.1, -0.05) is 30.3 Å². The van der Waals surface area contributed by atoms with Gasteiger partial charge in [-0.25, -0.2) is 8.42 Å². The van der Waals surface area contributed by atoms with Crippen LogP contribution in [0.5, 0.6) is 0 Å². The van der Waals surface area contributed by atoms with E-state index in [0.29, 0.717) is 12.8 Å². The Hall–Kier alpha value is -1.40. The summed E-state index contributed by atoms with van der Waals surface area (Å²) in [6.45, 7) is 0. The fraction of sp³-hybridized carbons (Fsp3) is 0.500. The van der Waals surface area contributed by atoms with E-state index in [0.717, 1.165) is 5.56 Å². The molecule has 2 rings (SSSR count). The second-order valence-electron chi connectivity index (χ2n) is 4.96. The van der Waals surface area contributed by atoms with Crippen molar-refractivity contribution < 1.29 is 17.9 Å². The summed E-state index contributed by atoms with van der Waals surface area (Å²) in [5.74, 6) is 0.0602. The number of hydrogen-bond acceptors (Lipinski definition) is 4. The van der Waals surface area contributed by atoms with Crippen molar-refractivity contribution in [1.82, 2.24) is 5.32 Å². The van der Waals surface area contributed by atoms with Crippen molar-refractivity contribution in [3.05, 3.63) is 35.9 Å². The van der Waals surface area contributed by atoms with Crippen LogP contribution in [0.25, 0.3) is 0 Å². The molecule has 1 unspecified atom stereocenters. The normalized spacial score (nSPS) is 20.2. The average Bonchev–Trinajstić information content (AvgIpc) is 2.43. The van der Waals surface area contributed by atoms with E-state index >= 15 is 0 Å². The predicted molar refractivity (Wildman–Crippen MR) is 76.0 cm³/mol. The Morgan fingerprint density at radius 2 is 1.85 bits per heavy atom. The highest BCUT2D eigenvalue weighted by Gasteiger charge is 2.27. The zero-order valence-electron chi connectivity index (χ0n) is 11.4. The van der Waals surface area contributed by atoms with Crippen molar-refractivity contribution in [2.45, 2.75) is 25.0 Å². The maximum absolute atomic E-state index is 12.2. The fourth-order valence-electron chi connectivity index (χ4n) is 2.33. The summed E-state index contributed by atoms with van der Waals surface area (Å²) in [4.78, 5) is 12.2. The molecule has 0 aliphatic carbocycles. The van der Waals surface area contributed by atoms with E-state index < -0.39 is 15.9 Å². The minimum atomic E-state index is -2.91. The van der Waals surface area contributed by atoms with E-state index in [1.807, 2.05) is 30.3 Å².